The lowest BCUT2D eigenvalue weighted by molar-refractivity contribution is -0.119. The zero-order valence-corrected chi connectivity index (χ0v) is 19.4. The molecule has 1 aliphatic heterocycles. The van der Waals surface area contributed by atoms with E-state index < -0.39 is 11.7 Å². The van der Waals surface area contributed by atoms with Crippen LogP contribution in [0.5, 0.6) is 5.75 Å². The first kappa shape index (κ1) is 23.3. The number of halogens is 2. The molecule has 1 aliphatic rings. The van der Waals surface area contributed by atoms with Crippen molar-refractivity contribution >= 4 is 39.8 Å². The first-order valence-corrected chi connectivity index (χ1v) is 11.5. The SMILES string of the molecule is COc1cc2ccnc(Nc3cc(F)cc(Cl)c3)c2cc1C(CCN1CCCCC1)C(N)=O. The highest BCUT2D eigenvalue weighted by Crippen LogP contribution is 2.36. The summed E-state index contributed by atoms with van der Waals surface area (Å²) in [6, 6.07) is 9.86. The van der Waals surface area contributed by atoms with Crippen LogP contribution in [0.25, 0.3) is 10.8 Å². The number of fused-ring (bicyclic) bond motifs is 1. The number of piperidine rings is 1. The fourth-order valence-corrected chi connectivity index (χ4v) is 4.70. The lowest BCUT2D eigenvalue weighted by atomic mass is 9.91. The molecule has 174 valence electrons. The highest BCUT2D eigenvalue weighted by molar-refractivity contribution is 6.30. The summed E-state index contributed by atoms with van der Waals surface area (Å²) in [5.74, 6) is -0.199. The molecule has 2 heterocycles. The maximum atomic E-state index is 13.8. The summed E-state index contributed by atoms with van der Waals surface area (Å²) in [4.78, 5) is 19.3. The maximum absolute atomic E-state index is 13.8. The van der Waals surface area contributed by atoms with Crippen molar-refractivity contribution in [1.82, 2.24) is 9.88 Å². The number of carbonyl (C=O) groups excluding carboxylic acids is 1. The topological polar surface area (TPSA) is 80.5 Å². The van der Waals surface area contributed by atoms with Gasteiger partial charge in [-0.05, 0) is 80.7 Å². The van der Waals surface area contributed by atoms with E-state index in [1.807, 2.05) is 18.2 Å². The van der Waals surface area contributed by atoms with Crippen LogP contribution in [-0.4, -0.2) is 42.5 Å². The van der Waals surface area contributed by atoms with Crippen molar-refractivity contribution in [3.63, 3.8) is 0 Å². The molecule has 6 nitrogen and oxygen atoms in total. The summed E-state index contributed by atoms with van der Waals surface area (Å²) in [7, 11) is 1.59. The number of rotatable bonds is 8. The van der Waals surface area contributed by atoms with E-state index >= 15 is 0 Å². The molecule has 0 aliphatic carbocycles. The number of nitrogens with one attached hydrogen (secondary N) is 1. The van der Waals surface area contributed by atoms with Crippen LogP contribution in [0.4, 0.5) is 15.9 Å². The van der Waals surface area contributed by atoms with Crippen LogP contribution in [0.3, 0.4) is 0 Å². The van der Waals surface area contributed by atoms with Gasteiger partial charge in [-0.2, -0.15) is 0 Å². The standard InChI is InChI=1S/C25H28ClFN4O2/c1-33-23-11-16-5-7-29-25(30-19-13-17(26)12-18(27)14-19)21(16)15-22(23)20(24(28)32)6-10-31-8-3-2-4-9-31/h5,7,11-15,20H,2-4,6,8-10H2,1H3,(H2,28,32)(H,29,30). The lowest BCUT2D eigenvalue weighted by Gasteiger charge is -2.28. The van der Waals surface area contributed by atoms with Gasteiger partial charge in [0.2, 0.25) is 5.91 Å². The number of likely N-dealkylation sites (tertiary alicyclic amines) is 1. The second-order valence-electron chi connectivity index (χ2n) is 8.40. The minimum absolute atomic E-state index is 0.284. The molecule has 1 amide bonds. The van der Waals surface area contributed by atoms with Crippen LogP contribution in [0.15, 0.2) is 42.6 Å². The number of carbonyl (C=O) groups is 1. The Balaban J connectivity index is 1.70. The van der Waals surface area contributed by atoms with E-state index in [1.165, 1.54) is 31.4 Å². The van der Waals surface area contributed by atoms with E-state index in [0.717, 1.165) is 36.0 Å². The number of hydrogen-bond donors (Lipinski definition) is 2. The fraction of sp³-hybridized carbons (Fsp3) is 0.360. The Morgan fingerprint density at radius 3 is 2.73 bits per heavy atom. The van der Waals surface area contributed by atoms with Crippen LogP contribution in [0, 0.1) is 5.82 Å². The monoisotopic (exact) mass is 470 g/mol. The van der Waals surface area contributed by atoms with Crippen molar-refractivity contribution in [2.24, 2.45) is 5.73 Å². The first-order chi connectivity index (χ1) is 15.9. The average molecular weight is 471 g/mol. The number of benzene rings is 2. The second kappa shape index (κ2) is 10.4. The number of nitrogens with two attached hydrogens (primary N) is 1. The molecule has 33 heavy (non-hydrogen) atoms. The van der Waals surface area contributed by atoms with Gasteiger partial charge < -0.3 is 20.7 Å². The van der Waals surface area contributed by atoms with E-state index in [1.54, 1.807) is 19.4 Å². The van der Waals surface area contributed by atoms with Crippen LogP contribution in [-0.2, 0) is 4.79 Å². The van der Waals surface area contributed by atoms with E-state index in [9.17, 15) is 9.18 Å². The van der Waals surface area contributed by atoms with Crippen LogP contribution < -0.4 is 15.8 Å². The Labute approximate surface area is 197 Å². The number of amides is 1. The first-order valence-electron chi connectivity index (χ1n) is 11.2. The van der Waals surface area contributed by atoms with Gasteiger partial charge in [-0.25, -0.2) is 9.37 Å². The van der Waals surface area contributed by atoms with Crippen molar-refractivity contribution in [3.8, 4) is 5.75 Å². The van der Waals surface area contributed by atoms with Gasteiger partial charge in [0.1, 0.15) is 17.4 Å². The molecule has 1 fully saturated rings. The molecule has 3 aromatic rings. The minimum Gasteiger partial charge on any atom is -0.496 e. The molecule has 0 saturated carbocycles. The third-order valence-corrected chi connectivity index (χ3v) is 6.36. The van der Waals surface area contributed by atoms with Gasteiger partial charge in [-0.1, -0.05) is 18.0 Å². The zero-order chi connectivity index (χ0) is 23.4. The van der Waals surface area contributed by atoms with Crippen molar-refractivity contribution in [1.29, 1.82) is 0 Å². The summed E-state index contributed by atoms with van der Waals surface area (Å²) < 4.78 is 19.5. The summed E-state index contributed by atoms with van der Waals surface area (Å²) in [5, 5.41) is 5.07. The number of methoxy groups -OCH3 is 1. The highest BCUT2D eigenvalue weighted by Gasteiger charge is 2.24. The summed E-state index contributed by atoms with van der Waals surface area (Å²) in [5.41, 5.74) is 7.05. The van der Waals surface area contributed by atoms with Crippen LogP contribution in [0.2, 0.25) is 5.02 Å². The normalized spacial score (nSPS) is 15.4. The third kappa shape index (κ3) is 5.54. The van der Waals surface area contributed by atoms with Crippen LogP contribution in [0.1, 0.15) is 37.2 Å². The molecule has 3 N–H and O–H groups in total. The van der Waals surface area contributed by atoms with Gasteiger partial charge in [0.05, 0.1) is 13.0 Å². The molecule has 1 aromatic heterocycles. The smallest absolute Gasteiger partial charge is 0.225 e. The molecule has 0 spiro atoms. The van der Waals surface area contributed by atoms with Crippen LogP contribution >= 0.6 is 11.6 Å². The number of aromatic nitrogens is 1. The van der Waals surface area contributed by atoms with Gasteiger partial charge >= 0.3 is 0 Å². The Kier molecular flexibility index (Phi) is 7.30. The number of hydrogen-bond acceptors (Lipinski definition) is 5. The Bertz CT molecular complexity index is 1130. The molecule has 8 heteroatoms. The molecule has 1 saturated heterocycles. The maximum Gasteiger partial charge on any atom is 0.225 e. The van der Waals surface area contributed by atoms with E-state index in [2.05, 4.69) is 15.2 Å². The molecular weight excluding hydrogens is 443 g/mol. The van der Waals surface area contributed by atoms with Crippen molar-refractivity contribution in [2.75, 3.05) is 32.1 Å². The molecule has 0 radical (unpaired) electrons. The number of ether oxygens (including phenoxy) is 1. The lowest BCUT2D eigenvalue weighted by Crippen LogP contribution is -2.33. The molecule has 1 unspecified atom stereocenters. The van der Waals surface area contributed by atoms with E-state index in [-0.39, 0.29) is 10.9 Å². The molecule has 0 bridgehead atoms. The van der Waals surface area contributed by atoms with Gasteiger partial charge in [0.15, 0.2) is 0 Å². The van der Waals surface area contributed by atoms with Gasteiger partial charge in [0, 0.05) is 27.9 Å². The third-order valence-electron chi connectivity index (χ3n) is 6.14. The number of anilines is 2. The van der Waals surface area contributed by atoms with Crippen molar-refractivity contribution < 1.29 is 13.9 Å². The summed E-state index contributed by atoms with van der Waals surface area (Å²) in [6.07, 6.45) is 5.90. The Hall–Kier alpha value is -2.90. The molecule has 1 atom stereocenters. The average Bonchev–Trinajstić information content (AvgIpc) is 2.79. The van der Waals surface area contributed by atoms with Gasteiger partial charge in [-0.3, -0.25) is 4.79 Å². The summed E-state index contributed by atoms with van der Waals surface area (Å²) >= 11 is 6.00. The molecule has 4 rings (SSSR count). The highest BCUT2D eigenvalue weighted by atomic mass is 35.5. The van der Waals surface area contributed by atoms with Crippen molar-refractivity contribution in [2.45, 2.75) is 31.6 Å². The van der Waals surface area contributed by atoms with Gasteiger partial charge in [-0.15, -0.1) is 0 Å². The molecular formula is C25H28ClFN4O2. The minimum atomic E-state index is -0.497. The predicted octanol–water partition coefficient (Wildman–Crippen LogP) is 5.22. The number of pyridine rings is 1. The van der Waals surface area contributed by atoms with E-state index in [0.29, 0.717) is 23.7 Å². The molecule has 2 aromatic carbocycles. The Morgan fingerprint density at radius 1 is 1.24 bits per heavy atom. The largest absolute Gasteiger partial charge is 0.496 e. The van der Waals surface area contributed by atoms with E-state index in [4.69, 9.17) is 22.1 Å². The Morgan fingerprint density at radius 2 is 2.03 bits per heavy atom. The number of nitrogens with zero attached hydrogens (tertiary/aromatic N) is 2. The second-order valence-corrected chi connectivity index (χ2v) is 8.84. The summed E-state index contributed by atoms with van der Waals surface area (Å²) in [6.45, 7) is 2.90. The predicted molar refractivity (Wildman–Crippen MR) is 130 cm³/mol. The van der Waals surface area contributed by atoms with Gasteiger partial charge in [0.25, 0.3) is 0 Å². The number of primary amides is 1. The fourth-order valence-electron chi connectivity index (χ4n) is 4.47. The quantitative estimate of drug-likeness (QED) is 0.471. The van der Waals surface area contributed by atoms with Crippen molar-refractivity contribution in [3.05, 3.63) is 59.0 Å². The zero-order valence-electron chi connectivity index (χ0n) is 18.6.